The van der Waals surface area contributed by atoms with E-state index < -0.39 is 0 Å². The van der Waals surface area contributed by atoms with Crippen molar-refractivity contribution in [2.24, 2.45) is 0 Å². The molecule has 1 N–H and O–H groups in total. The van der Waals surface area contributed by atoms with Crippen molar-refractivity contribution in [3.05, 3.63) is 29.8 Å². The summed E-state index contributed by atoms with van der Waals surface area (Å²) in [5.41, 5.74) is 0.614. The maximum Gasteiger partial charge on any atom is 0.251 e. The van der Waals surface area contributed by atoms with Crippen LogP contribution in [0.5, 0.6) is 0 Å². The Balaban J connectivity index is 2.68. The average Bonchev–Trinajstić information content (AvgIpc) is 2.28. The summed E-state index contributed by atoms with van der Waals surface area (Å²) < 4.78 is 0. The molecular weight excluding hydrogens is 218 g/mol. The Morgan fingerprint density at radius 3 is 2.94 bits per heavy atom. The van der Waals surface area contributed by atoms with Crippen molar-refractivity contribution in [3.63, 3.8) is 0 Å². The van der Waals surface area contributed by atoms with Gasteiger partial charge in [-0.25, -0.2) is 0 Å². The zero-order valence-electron chi connectivity index (χ0n) is 9.23. The fraction of sp³-hybridized carbons (Fsp3) is 0.308. The number of rotatable bonds is 4. The van der Waals surface area contributed by atoms with Gasteiger partial charge in [0, 0.05) is 22.9 Å². The van der Waals surface area contributed by atoms with E-state index in [0.29, 0.717) is 12.0 Å². The van der Waals surface area contributed by atoms with Gasteiger partial charge >= 0.3 is 0 Å². The third-order valence-corrected chi connectivity index (χ3v) is 2.58. The van der Waals surface area contributed by atoms with Crippen LogP contribution in [-0.2, 0) is 0 Å². The first-order valence-electron chi connectivity index (χ1n) is 5.20. The highest BCUT2D eigenvalue weighted by Gasteiger charge is 2.10. The molecule has 0 fully saturated rings. The number of thiol groups is 1. The molecule has 0 bridgehead atoms. The molecule has 1 amide bonds. The number of terminal acetylenes is 1. The van der Waals surface area contributed by atoms with Gasteiger partial charge in [0.1, 0.15) is 0 Å². The number of carbonyl (C=O) groups excluding carboxylic acids is 1. The summed E-state index contributed by atoms with van der Waals surface area (Å²) in [6, 6.07) is 7.18. The van der Waals surface area contributed by atoms with E-state index in [9.17, 15) is 4.79 Å². The second-order valence-corrected chi connectivity index (χ2v) is 4.05. The highest BCUT2D eigenvalue weighted by Crippen LogP contribution is 2.09. The monoisotopic (exact) mass is 233 g/mol. The first kappa shape index (κ1) is 12.7. The van der Waals surface area contributed by atoms with Crippen molar-refractivity contribution in [2.45, 2.75) is 30.7 Å². The van der Waals surface area contributed by atoms with Crippen LogP contribution in [0.2, 0.25) is 0 Å². The van der Waals surface area contributed by atoms with Crippen LogP contribution < -0.4 is 5.32 Å². The molecule has 16 heavy (non-hydrogen) atoms. The van der Waals surface area contributed by atoms with Crippen LogP contribution >= 0.6 is 12.6 Å². The zero-order valence-corrected chi connectivity index (χ0v) is 10.1. The maximum absolute atomic E-state index is 11.8. The van der Waals surface area contributed by atoms with Gasteiger partial charge in [-0.05, 0) is 24.6 Å². The molecular formula is C13H15NOS. The van der Waals surface area contributed by atoms with Gasteiger partial charge in [0.05, 0.1) is 0 Å². The van der Waals surface area contributed by atoms with E-state index in [0.717, 1.165) is 11.3 Å². The van der Waals surface area contributed by atoms with Crippen molar-refractivity contribution in [1.82, 2.24) is 5.32 Å². The second-order valence-electron chi connectivity index (χ2n) is 3.54. The Morgan fingerprint density at radius 1 is 1.62 bits per heavy atom. The van der Waals surface area contributed by atoms with Crippen molar-refractivity contribution in [3.8, 4) is 12.3 Å². The molecule has 0 radical (unpaired) electrons. The number of nitrogens with one attached hydrogen (secondary N) is 1. The molecule has 1 aromatic rings. The summed E-state index contributed by atoms with van der Waals surface area (Å²) in [4.78, 5) is 12.6. The first-order valence-corrected chi connectivity index (χ1v) is 5.65. The van der Waals surface area contributed by atoms with Gasteiger partial charge in [-0.2, -0.15) is 0 Å². The average molecular weight is 233 g/mol. The Morgan fingerprint density at radius 2 is 2.38 bits per heavy atom. The summed E-state index contributed by atoms with van der Waals surface area (Å²) in [5, 5.41) is 2.90. The van der Waals surface area contributed by atoms with Crippen LogP contribution in [0.1, 0.15) is 30.1 Å². The van der Waals surface area contributed by atoms with Crippen LogP contribution in [0.3, 0.4) is 0 Å². The van der Waals surface area contributed by atoms with Gasteiger partial charge in [-0.15, -0.1) is 25.0 Å². The highest BCUT2D eigenvalue weighted by atomic mass is 32.1. The Kier molecular flexibility index (Phi) is 4.94. The van der Waals surface area contributed by atoms with Crippen molar-refractivity contribution >= 4 is 18.5 Å². The van der Waals surface area contributed by atoms with E-state index in [1.165, 1.54) is 0 Å². The first-order chi connectivity index (χ1) is 7.67. The lowest BCUT2D eigenvalue weighted by Gasteiger charge is -2.14. The number of hydrogen-bond acceptors (Lipinski definition) is 2. The molecule has 84 valence electrons. The minimum Gasteiger partial charge on any atom is -0.348 e. The fourth-order valence-corrected chi connectivity index (χ4v) is 1.58. The molecule has 0 aliphatic rings. The number of benzene rings is 1. The summed E-state index contributed by atoms with van der Waals surface area (Å²) >= 11 is 4.19. The van der Waals surface area contributed by atoms with E-state index in [-0.39, 0.29) is 11.9 Å². The van der Waals surface area contributed by atoms with Crippen molar-refractivity contribution < 1.29 is 4.79 Å². The normalized spacial score (nSPS) is 11.6. The highest BCUT2D eigenvalue weighted by molar-refractivity contribution is 7.80. The number of hydrogen-bond donors (Lipinski definition) is 2. The zero-order chi connectivity index (χ0) is 12.0. The van der Waals surface area contributed by atoms with Crippen molar-refractivity contribution in [2.75, 3.05) is 0 Å². The minimum atomic E-state index is -0.0991. The molecule has 0 aliphatic heterocycles. The maximum atomic E-state index is 11.8. The van der Waals surface area contributed by atoms with Gasteiger partial charge in [0.15, 0.2) is 0 Å². The molecule has 1 unspecified atom stereocenters. The van der Waals surface area contributed by atoms with Crippen LogP contribution in [0.15, 0.2) is 29.2 Å². The van der Waals surface area contributed by atoms with E-state index in [1.54, 1.807) is 18.2 Å². The topological polar surface area (TPSA) is 29.1 Å². The Hall–Kier alpha value is -1.40. The van der Waals surface area contributed by atoms with Crippen LogP contribution in [0.25, 0.3) is 0 Å². The molecule has 0 spiro atoms. The molecule has 0 saturated heterocycles. The predicted octanol–water partition coefficient (Wildman–Crippen LogP) is 2.51. The third kappa shape index (κ3) is 3.63. The lowest BCUT2D eigenvalue weighted by Crippen LogP contribution is -2.34. The summed E-state index contributed by atoms with van der Waals surface area (Å²) in [6.45, 7) is 2.00. The standard InChI is InChI=1S/C13H15NOS/c1-3-6-11(4-2)14-13(15)10-7-5-8-12(16)9-10/h1,5,7-9,11,16H,4,6H2,2H3,(H,14,15). The smallest absolute Gasteiger partial charge is 0.251 e. The molecule has 0 saturated carbocycles. The minimum absolute atomic E-state index is 0.0427. The largest absolute Gasteiger partial charge is 0.348 e. The molecule has 0 aliphatic carbocycles. The lowest BCUT2D eigenvalue weighted by atomic mass is 10.1. The van der Waals surface area contributed by atoms with Crippen LogP contribution in [-0.4, -0.2) is 11.9 Å². The summed E-state index contributed by atoms with van der Waals surface area (Å²) in [7, 11) is 0. The van der Waals surface area contributed by atoms with E-state index in [2.05, 4.69) is 23.9 Å². The third-order valence-electron chi connectivity index (χ3n) is 2.30. The van der Waals surface area contributed by atoms with Crippen molar-refractivity contribution in [1.29, 1.82) is 0 Å². The molecule has 3 heteroatoms. The molecule has 0 aromatic heterocycles. The molecule has 1 atom stereocenters. The Bertz CT molecular complexity index is 409. The van der Waals surface area contributed by atoms with Crippen LogP contribution in [0, 0.1) is 12.3 Å². The summed E-state index contributed by atoms with van der Waals surface area (Å²) in [5.74, 6) is 2.46. The molecule has 0 heterocycles. The van der Waals surface area contributed by atoms with Crippen LogP contribution in [0.4, 0.5) is 0 Å². The predicted molar refractivity (Wildman–Crippen MR) is 68.7 cm³/mol. The SMILES string of the molecule is C#CCC(CC)NC(=O)c1cccc(S)c1. The molecule has 2 nitrogen and oxygen atoms in total. The fourth-order valence-electron chi connectivity index (χ4n) is 1.36. The Labute approximate surface area is 102 Å². The quantitative estimate of drug-likeness (QED) is 0.607. The van der Waals surface area contributed by atoms with E-state index in [1.807, 2.05) is 13.0 Å². The lowest BCUT2D eigenvalue weighted by molar-refractivity contribution is 0.0936. The molecule has 1 rings (SSSR count). The van der Waals surface area contributed by atoms with E-state index in [4.69, 9.17) is 6.42 Å². The summed E-state index contributed by atoms with van der Waals surface area (Å²) in [6.07, 6.45) is 6.62. The van der Waals surface area contributed by atoms with E-state index >= 15 is 0 Å². The van der Waals surface area contributed by atoms with Gasteiger partial charge in [0.25, 0.3) is 5.91 Å². The van der Waals surface area contributed by atoms with Gasteiger partial charge in [-0.1, -0.05) is 13.0 Å². The number of carbonyl (C=O) groups is 1. The number of amides is 1. The van der Waals surface area contributed by atoms with Gasteiger partial charge in [0.2, 0.25) is 0 Å². The molecule has 1 aromatic carbocycles. The second kappa shape index (κ2) is 6.24. The van der Waals surface area contributed by atoms with Gasteiger partial charge < -0.3 is 5.32 Å². The van der Waals surface area contributed by atoms with Gasteiger partial charge in [-0.3, -0.25) is 4.79 Å².